The largest absolute Gasteiger partial charge is 0.483 e. The number of benzene rings is 2. The van der Waals surface area contributed by atoms with Crippen molar-refractivity contribution in [3.63, 3.8) is 0 Å². The molecule has 9 heteroatoms. The number of hydrogen-bond donors (Lipinski definition) is 3. The summed E-state index contributed by atoms with van der Waals surface area (Å²) in [5, 5.41) is 2.30. The van der Waals surface area contributed by atoms with Gasteiger partial charge in [0.2, 0.25) is 0 Å². The molecular formula is C22H25F2N3O4. The molecule has 7 nitrogen and oxygen atoms in total. The molecule has 0 aliphatic carbocycles. The third-order valence-electron chi connectivity index (χ3n) is 4.51. The van der Waals surface area contributed by atoms with Gasteiger partial charge in [0.05, 0.1) is 0 Å². The lowest BCUT2D eigenvalue weighted by atomic mass is 10.0. The van der Waals surface area contributed by atoms with Gasteiger partial charge in [-0.05, 0) is 43.0 Å². The minimum Gasteiger partial charge on any atom is -0.483 e. The van der Waals surface area contributed by atoms with Crippen LogP contribution >= 0.6 is 0 Å². The lowest BCUT2D eigenvalue weighted by Gasteiger charge is -2.22. The van der Waals surface area contributed by atoms with Crippen LogP contribution in [0.5, 0.6) is 5.75 Å². The van der Waals surface area contributed by atoms with E-state index in [-0.39, 0.29) is 6.61 Å². The highest BCUT2D eigenvalue weighted by molar-refractivity contribution is 5.98. The highest BCUT2D eigenvalue weighted by atomic mass is 19.1. The van der Waals surface area contributed by atoms with Gasteiger partial charge in [0, 0.05) is 0 Å². The van der Waals surface area contributed by atoms with Crippen LogP contribution in [0.3, 0.4) is 0 Å². The quantitative estimate of drug-likeness (QED) is 0.585. The lowest BCUT2D eigenvalue weighted by molar-refractivity contribution is -0.131. The van der Waals surface area contributed by atoms with Gasteiger partial charge in [0.15, 0.2) is 6.61 Å². The Balaban J connectivity index is 1.95. The molecule has 0 heterocycles. The van der Waals surface area contributed by atoms with Gasteiger partial charge in [0.25, 0.3) is 17.7 Å². The highest BCUT2D eigenvalue weighted by Gasteiger charge is 2.27. The zero-order chi connectivity index (χ0) is 23.1. The number of nitrogens with one attached hydrogen (secondary N) is 3. The molecule has 166 valence electrons. The monoisotopic (exact) mass is 433 g/mol. The second-order valence-corrected chi connectivity index (χ2v) is 7.34. The van der Waals surface area contributed by atoms with Crippen LogP contribution in [0.15, 0.2) is 36.4 Å². The van der Waals surface area contributed by atoms with E-state index < -0.39 is 46.9 Å². The molecule has 0 spiro atoms. The SMILES string of the molecule is Cc1cccc(C)c1OCC(=O)NNC(=O)C(NC(=O)c1c(F)cccc1F)C(C)C. The first-order valence-electron chi connectivity index (χ1n) is 9.64. The van der Waals surface area contributed by atoms with E-state index in [1.54, 1.807) is 13.8 Å². The summed E-state index contributed by atoms with van der Waals surface area (Å²) in [6.45, 7) is 6.61. The average molecular weight is 433 g/mol. The normalized spacial score (nSPS) is 11.6. The third-order valence-corrected chi connectivity index (χ3v) is 4.51. The summed E-state index contributed by atoms with van der Waals surface area (Å²) in [7, 11) is 0. The minimum absolute atomic E-state index is 0.342. The van der Waals surface area contributed by atoms with Gasteiger partial charge < -0.3 is 10.1 Å². The smallest absolute Gasteiger partial charge is 0.276 e. The van der Waals surface area contributed by atoms with Crippen LogP contribution < -0.4 is 20.9 Å². The maximum absolute atomic E-state index is 13.8. The van der Waals surface area contributed by atoms with E-state index in [9.17, 15) is 23.2 Å². The Morgan fingerprint density at radius 2 is 1.48 bits per heavy atom. The maximum atomic E-state index is 13.8. The van der Waals surface area contributed by atoms with E-state index in [1.807, 2.05) is 32.0 Å². The van der Waals surface area contributed by atoms with E-state index >= 15 is 0 Å². The van der Waals surface area contributed by atoms with Gasteiger partial charge >= 0.3 is 0 Å². The van der Waals surface area contributed by atoms with Crippen LogP contribution in [-0.2, 0) is 9.59 Å². The topological polar surface area (TPSA) is 96.5 Å². The van der Waals surface area contributed by atoms with Crippen molar-refractivity contribution in [3.8, 4) is 5.75 Å². The number of hydrogen-bond acceptors (Lipinski definition) is 4. The van der Waals surface area contributed by atoms with E-state index in [4.69, 9.17) is 4.74 Å². The van der Waals surface area contributed by atoms with Gasteiger partial charge in [-0.3, -0.25) is 25.2 Å². The van der Waals surface area contributed by atoms with E-state index in [1.165, 1.54) is 0 Å². The van der Waals surface area contributed by atoms with Crippen LogP contribution in [0.2, 0.25) is 0 Å². The van der Waals surface area contributed by atoms with Gasteiger partial charge in [0.1, 0.15) is 29.0 Å². The van der Waals surface area contributed by atoms with Crippen molar-refractivity contribution < 1.29 is 27.9 Å². The predicted molar refractivity (Wildman–Crippen MR) is 110 cm³/mol. The summed E-state index contributed by atoms with van der Waals surface area (Å²) >= 11 is 0. The van der Waals surface area contributed by atoms with E-state index in [0.717, 1.165) is 29.3 Å². The number of carbonyl (C=O) groups excluding carboxylic acids is 3. The number of hydrazine groups is 1. The van der Waals surface area contributed by atoms with Crippen molar-refractivity contribution in [1.82, 2.24) is 16.2 Å². The van der Waals surface area contributed by atoms with Crippen molar-refractivity contribution in [3.05, 3.63) is 64.7 Å². The van der Waals surface area contributed by atoms with Crippen LogP contribution in [0, 0.1) is 31.4 Å². The van der Waals surface area contributed by atoms with Gasteiger partial charge in [-0.2, -0.15) is 0 Å². The van der Waals surface area contributed by atoms with Crippen LogP contribution in [0.4, 0.5) is 8.78 Å². The predicted octanol–water partition coefficient (Wildman–Crippen LogP) is 2.56. The molecule has 3 amide bonds. The molecule has 2 aromatic rings. The number of amides is 3. The number of aryl methyl sites for hydroxylation is 2. The molecule has 1 unspecified atom stereocenters. The van der Waals surface area contributed by atoms with Crippen LogP contribution in [0.25, 0.3) is 0 Å². The first-order valence-corrected chi connectivity index (χ1v) is 9.64. The van der Waals surface area contributed by atoms with Crippen molar-refractivity contribution in [1.29, 1.82) is 0 Å². The van der Waals surface area contributed by atoms with Crippen molar-refractivity contribution in [2.24, 2.45) is 5.92 Å². The summed E-state index contributed by atoms with van der Waals surface area (Å²) in [5.41, 5.74) is 5.33. The first kappa shape index (κ1) is 23.8. The number of halogens is 2. The third kappa shape index (κ3) is 6.24. The molecule has 2 aromatic carbocycles. The van der Waals surface area contributed by atoms with Gasteiger partial charge in [-0.15, -0.1) is 0 Å². The Morgan fingerprint density at radius 1 is 0.935 bits per heavy atom. The maximum Gasteiger partial charge on any atom is 0.276 e. The molecule has 0 aromatic heterocycles. The van der Waals surface area contributed by atoms with Crippen molar-refractivity contribution >= 4 is 17.7 Å². The lowest BCUT2D eigenvalue weighted by Crippen LogP contribution is -2.55. The van der Waals surface area contributed by atoms with E-state index in [0.29, 0.717) is 5.75 Å². The fourth-order valence-corrected chi connectivity index (χ4v) is 2.87. The summed E-state index contributed by atoms with van der Waals surface area (Å²) in [6, 6.07) is 7.42. The molecule has 0 bridgehead atoms. The van der Waals surface area contributed by atoms with Gasteiger partial charge in [-0.1, -0.05) is 38.1 Å². The number of carbonyl (C=O) groups is 3. The van der Waals surface area contributed by atoms with Gasteiger partial charge in [-0.25, -0.2) is 8.78 Å². The van der Waals surface area contributed by atoms with Crippen LogP contribution in [0.1, 0.15) is 35.3 Å². The summed E-state index contributed by atoms with van der Waals surface area (Å²) in [5.74, 6) is -4.39. The molecule has 0 aliphatic rings. The zero-order valence-corrected chi connectivity index (χ0v) is 17.7. The summed E-state index contributed by atoms with van der Waals surface area (Å²) < 4.78 is 33.1. The molecule has 2 rings (SSSR count). The fraction of sp³-hybridized carbons (Fsp3) is 0.318. The highest BCUT2D eigenvalue weighted by Crippen LogP contribution is 2.22. The minimum atomic E-state index is -1.15. The molecule has 0 fully saturated rings. The molecule has 1 atom stereocenters. The first-order chi connectivity index (χ1) is 14.6. The molecule has 0 aliphatic heterocycles. The summed E-state index contributed by atoms with van der Waals surface area (Å²) in [4.78, 5) is 36.8. The fourth-order valence-electron chi connectivity index (χ4n) is 2.87. The van der Waals surface area contributed by atoms with Crippen molar-refractivity contribution in [2.75, 3.05) is 6.61 Å². The molecule has 3 N–H and O–H groups in total. The average Bonchev–Trinajstić information content (AvgIpc) is 2.69. The molecule has 0 radical (unpaired) electrons. The number of rotatable bonds is 7. The Hall–Kier alpha value is -3.49. The zero-order valence-electron chi connectivity index (χ0n) is 17.7. The second-order valence-electron chi connectivity index (χ2n) is 7.34. The Morgan fingerprint density at radius 3 is 2.03 bits per heavy atom. The number of ether oxygens (including phenoxy) is 1. The van der Waals surface area contributed by atoms with Crippen molar-refractivity contribution in [2.45, 2.75) is 33.7 Å². The molecular weight excluding hydrogens is 408 g/mol. The Bertz CT molecular complexity index is 939. The number of para-hydroxylation sites is 1. The Kier molecular flexibility index (Phi) is 8.07. The summed E-state index contributed by atoms with van der Waals surface area (Å²) in [6.07, 6.45) is 0. The standard InChI is InChI=1S/C22H25F2N3O4/c1-12(2)19(25-21(29)18-15(23)9-6-10-16(18)24)22(30)27-26-17(28)11-31-20-13(3)7-5-8-14(20)4/h5-10,12,19H,11H2,1-4H3,(H,25,29)(H,26,28)(H,27,30). The van der Waals surface area contributed by atoms with E-state index in [2.05, 4.69) is 16.2 Å². The van der Waals surface area contributed by atoms with Crippen LogP contribution in [-0.4, -0.2) is 30.4 Å². The second kappa shape index (κ2) is 10.5. The molecule has 0 saturated carbocycles. The molecule has 31 heavy (non-hydrogen) atoms. The molecule has 0 saturated heterocycles. The Labute approximate surface area is 179 Å².